The van der Waals surface area contributed by atoms with Gasteiger partial charge in [-0.2, -0.15) is 0 Å². The number of aryl methyl sites for hydroxylation is 1. The highest BCUT2D eigenvalue weighted by Gasteiger charge is 2.52. The van der Waals surface area contributed by atoms with Crippen molar-refractivity contribution >= 4 is 12.6 Å². The zero-order valence-electron chi connectivity index (χ0n) is 15.8. The van der Waals surface area contributed by atoms with E-state index in [-0.39, 0.29) is 5.46 Å². The summed E-state index contributed by atoms with van der Waals surface area (Å²) in [6, 6.07) is -0.845. The Morgan fingerprint density at radius 3 is 2.50 bits per heavy atom. The second-order valence-electron chi connectivity index (χ2n) is 4.82. The maximum Gasteiger partial charge on any atom is 0.496 e. The highest BCUT2D eigenvalue weighted by atomic mass is 16.7. The van der Waals surface area contributed by atoms with E-state index in [1.54, 1.807) is 27.7 Å². The maximum absolute atomic E-state index is 8.02. The summed E-state index contributed by atoms with van der Waals surface area (Å²) >= 11 is 0. The van der Waals surface area contributed by atoms with Crippen molar-refractivity contribution < 1.29 is 17.5 Å². The summed E-state index contributed by atoms with van der Waals surface area (Å²) < 4.78 is 57.6. The van der Waals surface area contributed by atoms with Crippen LogP contribution in [0.15, 0.2) is 18.3 Å². The Labute approximate surface area is 106 Å². The summed E-state index contributed by atoms with van der Waals surface area (Å²) in [5, 5.41) is 0. The van der Waals surface area contributed by atoms with Crippen LogP contribution in [0.5, 0.6) is 0 Å². The molecule has 0 aliphatic carbocycles. The van der Waals surface area contributed by atoms with E-state index in [9.17, 15) is 0 Å². The first-order chi connectivity index (χ1) is 9.78. The van der Waals surface area contributed by atoms with Crippen LogP contribution in [0.4, 0.5) is 0 Å². The van der Waals surface area contributed by atoms with Gasteiger partial charge in [0.25, 0.3) is 0 Å². The first-order valence-electron chi connectivity index (χ1n) is 8.12. The number of rotatable bonds is 1. The van der Waals surface area contributed by atoms with Crippen LogP contribution in [0, 0.1) is 6.85 Å². The Bertz CT molecular complexity index is 601. The molecule has 2 rings (SSSR count). The molecule has 0 spiro atoms. The van der Waals surface area contributed by atoms with Gasteiger partial charge in [0.1, 0.15) is 0 Å². The SMILES string of the molecule is [2H]c1nc([13C]([2H])([2H])[2H])c(B2OC(C)(C)C(C)(C)O2)c([2H])c1[2H]. The fourth-order valence-corrected chi connectivity index (χ4v) is 1.43. The number of pyridine rings is 1. The third-order valence-electron chi connectivity index (χ3n) is 3.16. The van der Waals surface area contributed by atoms with Crippen LogP contribution in [-0.2, 0) is 9.31 Å². The number of hydrogen-bond acceptors (Lipinski definition) is 3. The summed E-state index contributed by atoms with van der Waals surface area (Å²) in [5.41, 5.74) is -1.94. The second-order valence-corrected chi connectivity index (χ2v) is 4.82. The third kappa shape index (κ3) is 1.76. The van der Waals surface area contributed by atoms with E-state index in [0.29, 0.717) is 0 Å². The van der Waals surface area contributed by atoms with Crippen LogP contribution < -0.4 is 5.46 Å². The van der Waals surface area contributed by atoms with Gasteiger partial charge in [-0.3, -0.25) is 4.98 Å². The van der Waals surface area contributed by atoms with E-state index < -0.39 is 49.1 Å². The predicted molar refractivity (Wildman–Crippen MR) is 64.7 cm³/mol. The zero-order chi connectivity index (χ0) is 17.1. The lowest BCUT2D eigenvalue weighted by molar-refractivity contribution is 0.00578. The Morgan fingerprint density at radius 2 is 1.94 bits per heavy atom. The second kappa shape index (κ2) is 3.57. The van der Waals surface area contributed by atoms with Crippen LogP contribution in [0.25, 0.3) is 0 Å². The van der Waals surface area contributed by atoms with Gasteiger partial charge in [-0.15, -0.1) is 0 Å². The molecule has 1 fully saturated rings. The smallest absolute Gasteiger partial charge is 0.399 e. The molecule has 86 valence electrons. The van der Waals surface area contributed by atoms with Gasteiger partial charge in [0.05, 0.1) is 15.3 Å². The van der Waals surface area contributed by atoms with E-state index in [4.69, 9.17) is 17.5 Å². The average Bonchev–Trinajstić information content (AvgIpc) is 2.53. The highest BCUT2D eigenvalue weighted by molar-refractivity contribution is 6.62. The summed E-state index contributed by atoms with van der Waals surface area (Å²) in [7, 11) is -1.11. The minimum absolute atomic E-state index is 0.0975. The van der Waals surface area contributed by atoms with Crippen molar-refractivity contribution in [3.05, 3.63) is 24.0 Å². The van der Waals surface area contributed by atoms with Gasteiger partial charge in [0.15, 0.2) is 0 Å². The molecule has 0 N–H and O–H groups in total. The van der Waals surface area contributed by atoms with E-state index in [0.717, 1.165) is 0 Å². The molecule has 1 aromatic heterocycles. The molecular weight excluding hydrogens is 202 g/mol. The van der Waals surface area contributed by atoms with E-state index >= 15 is 0 Å². The van der Waals surface area contributed by atoms with Crippen molar-refractivity contribution in [1.82, 2.24) is 4.98 Å². The molecule has 0 aromatic carbocycles. The predicted octanol–water partition coefficient (Wildman–Crippen LogP) is 1.69. The van der Waals surface area contributed by atoms with Crippen LogP contribution >= 0.6 is 0 Å². The molecule has 1 aromatic rings. The number of nitrogens with zero attached hydrogens (tertiary/aromatic N) is 1. The summed E-state index contributed by atoms with van der Waals surface area (Å²) in [5.74, 6) is 0. The van der Waals surface area contributed by atoms with Crippen molar-refractivity contribution in [2.45, 2.75) is 45.7 Å². The number of aromatic nitrogens is 1. The van der Waals surface area contributed by atoms with Crippen molar-refractivity contribution in [3.8, 4) is 0 Å². The molecule has 0 amide bonds. The van der Waals surface area contributed by atoms with Gasteiger partial charge >= 0.3 is 7.12 Å². The molecule has 0 bridgehead atoms. The summed E-state index contributed by atoms with van der Waals surface area (Å²) in [6.07, 6.45) is -0.545. The Kier molecular flexibility index (Phi) is 1.38. The molecule has 1 saturated heterocycles. The quantitative estimate of drug-likeness (QED) is 0.539. The Balaban J connectivity index is 2.64. The third-order valence-corrected chi connectivity index (χ3v) is 3.16. The molecule has 0 radical (unpaired) electrons. The van der Waals surface area contributed by atoms with E-state index in [2.05, 4.69) is 4.98 Å². The van der Waals surface area contributed by atoms with Crippen LogP contribution in [0.2, 0.25) is 0 Å². The van der Waals surface area contributed by atoms with Gasteiger partial charge in [-0.1, -0.05) is 6.04 Å². The Hall–Kier alpha value is -0.865. The molecule has 1 aliphatic heterocycles. The molecule has 4 heteroatoms. The van der Waals surface area contributed by atoms with Crippen molar-refractivity contribution in [1.29, 1.82) is 0 Å². The maximum atomic E-state index is 8.02. The fraction of sp³-hybridized carbons (Fsp3) is 0.583. The molecule has 16 heavy (non-hydrogen) atoms. The lowest BCUT2D eigenvalue weighted by Gasteiger charge is -2.32. The van der Waals surface area contributed by atoms with Gasteiger partial charge in [-0.25, -0.2) is 0 Å². The van der Waals surface area contributed by atoms with E-state index in [1.165, 1.54) is 0 Å². The molecule has 1 aliphatic rings. The van der Waals surface area contributed by atoms with Crippen molar-refractivity contribution in [2.24, 2.45) is 0 Å². The molecular formula is C12H18BNO2. The monoisotopic (exact) mass is 226 g/mol. The van der Waals surface area contributed by atoms with E-state index in [1.807, 2.05) is 0 Å². The molecule has 0 saturated carbocycles. The van der Waals surface area contributed by atoms with Crippen molar-refractivity contribution in [3.63, 3.8) is 0 Å². The van der Waals surface area contributed by atoms with Crippen LogP contribution in [-0.4, -0.2) is 23.3 Å². The molecule has 3 nitrogen and oxygen atoms in total. The molecule has 2 heterocycles. The van der Waals surface area contributed by atoms with Gasteiger partial charge in [0.2, 0.25) is 0 Å². The number of hydrogen-bond donors (Lipinski definition) is 0. The van der Waals surface area contributed by atoms with Crippen LogP contribution in [0.1, 0.15) is 41.6 Å². The standard InChI is InChI=1S/C12H18BNO2/c1-9-10(7-6-8-14-9)13-15-11(2,3)12(4,5)16-13/h6-8H,1-5H3/i1+1D3,6D,7D,8D. The highest BCUT2D eigenvalue weighted by Crippen LogP contribution is 2.36. The fourth-order valence-electron chi connectivity index (χ4n) is 1.43. The molecule has 0 atom stereocenters. The van der Waals surface area contributed by atoms with Crippen molar-refractivity contribution in [2.75, 3.05) is 0 Å². The minimum atomic E-state index is -2.63. The lowest BCUT2D eigenvalue weighted by Crippen LogP contribution is -2.41. The topological polar surface area (TPSA) is 31.4 Å². The Morgan fingerprint density at radius 1 is 1.31 bits per heavy atom. The largest absolute Gasteiger partial charge is 0.496 e. The van der Waals surface area contributed by atoms with Crippen LogP contribution in [0.3, 0.4) is 0 Å². The average molecular weight is 226 g/mol. The van der Waals surface area contributed by atoms with Gasteiger partial charge in [-0.05, 0) is 40.6 Å². The molecule has 0 unspecified atom stereocenters. The first-order valence-corrected chi connectivity index (χ1v) is 5.12. The zero-order valence-corrected chi connectivity index (χ0v) is 9.84. The first kappa shape index (κ1) is 6.17. The lowest BCUT2D eigenvalue weighted by atomic mass is 9.79. The summed E-state index contributed by atoms with van der Waals surface area (Å²) in [6.45, 7) is 4.59. The minimum Gasteiger partial charge on any atom is -0.399 e. The normalized spacial score (nSPS) is 28.6. The van der Waals surface area contributed by atoms with Gasteiger partial charge < -0.3 is 9.31 Å². The van der Waals surface area contributed by atoms with Gasteiger partial charge in [0, 0.05) is 21.4 Å². The summed E-state index contributed by atoms with van der Waals surface area (Å²) in [4.78, 5) is 3.68.